The molecular weight excluding hydrogens is 307 g/mol. The topological polar surface area (TPSA) is 49.6 Å². The molecule has 128 valence electrons. The van der Waals surface area contributed by atoms with Crippen molar-refractivity contribution in [1.29, 1.82) is 0 Å². The zero-order valence-corrected chi connectivity index (χ0v) is 13.4. The maximum Gasteiger partial charge on any atom is 0.417 e. The quantitative estimate of drug-likeness (QED) is 0.922. The zero-order chi connectivity index (χ0) is 17.2. The van der Waals surface area contributed by atoms with Crippen LogP contribution in [-0.2, 0) is 12.7 Å². The fraction of sp³-hybridized carbons (Fsp3) is 0.562. The van der Waals surface area contributed by atoms with E-state index in [1.54, 1.807) is 0 Å². The molecule has 0 aromatic heterocycles. The third kappa shape index (κ3) is 4.23. The Morgan fingerprint density at radius 1 is 1.22 bits per heavy atom. The summed E-state index contributed by atoms with van der Waals surface area (Å²) in [4.78, 5) is 15.6. The highest BCUT2D eigenvalue weighted by Crippen LogP contribution is 2.35. The van der Waals surface area contributed by atoms with E-state index < -0.39 is 23.2 Å². The van der Waals surface area contributed by atoms with Crippen LogP contribution in [0.5, 0.6) is 0 Å². The lowest BCUT2D eigenvalue weighted by atomic mass is 9.99. The third-order valence-corrected chi connectivity index (χ3v) is 4.23. The summed E-state index contributed by atoms with van der Waals surface area (Å²) in [6.45, 7) is 7.44. The molecule has 0 atom stereocenters. The smallest absolute Gasteiger partial charge is 0.366 e. The standard InChI is InChI=1S/C16H22F3N3O/c1-11(2)22-8-6-21(7-9-22)10-12-4-3-5-13(15(20)23)14(12)16(17,18)19/h3-5,11H,6-10H2,1-2H3,(H2,20,23). The fourth-order valence-corrected chi connectivity index (χ4v) is 2.95. The molecule has 1 heterocycles. The van der Waals surface area contributed by atoms with Gasteiger partial charge in [0.2, 0.25) is 5.91 Å². The Morgan fingerprint density at radius 2 is 1.83 bits per heavy atom. The number of rotatable bonds is 4. The number of nitrogens with two attached hydrogens (primary N) is 1. The lowest BCUT2D eigenvalue weighted by Crippen LogP contribution is -2.48. The minimum atomic E-state index is -4.60. The molecule has 1 saturated heterocycles. The van der Waals surface area contributed by atoms with Gasteiger partial charge in [0.15, 0.2) is 0 Å². The Balaban J connectivity index is 2.21. The summed E-state index contributed by atoms with van der Waals surface area (Å²) < 4.78 is 40.1. The first kappa shape index (κ1) is 17.7. The van der Waals surface area contributed by atoms with E-state index in [-0.39, 0.29) is 12.1 Å². The van der Waals surface area contributed by atoms with Crippen molar-refractivity contribution in [3.8, 4) is 0 Å². The van der Waals surface area contributed by atoms with Gasteiger partial charge in [-0.2, -0.15) is 13.2 Å². The monoisotopic (exact) mass is 329 g/mol. The lowest BCUT2D eigenvalue weighted by molar-refractivity contribution is -0.138. The van der Waals surface area contributed by atoms with Gasteiger partial charge in [0.05, 0.1) is 11.1 Å². The summed E-state index contributed by atoms with van der Waals surface area (Å²) in [5.74, 6) is -1.05. The van der Waals surface area contributed by atoms with Crippen LogP contribution in [-0.4, -0.2) is 47.9 Å². The van der Waals surface area contributed by atoms with Gasteiger partial charge in [0.1, 0.15) is 0 Å². The van der Waals surface area contributed by atoms with E-state index in [0.717, 1.165) is 19.2 Å². The number of hydrogen-bond donors (Lipinski definition) is 1. The maximum absolute atomic E-state index is 13.4. The number of hydrogen-bond acceptors (Lipinski definition) is 3. The highest BCUT2D eigenvalue weighted by molar-refractivity contribution is 5.94. The molecule has 1 aromatic carbocycles. The van der Waals surface area contributed by atoms with Gasteiger partial charge in [-0.3, -0.25) is 14.6 Å². The molecule has 1 aromatic rings. The van der Waals surface area contributed by atoms with E-state index in [4.69, 9.17) is 5.73 Å². The van der Waals surface area contributed by atoms with Gasteiger partial charge in [0, 0.05) is 38.8 Å². The first-order valence-electron chi connectivity index (χ1n) is 7.65. The van der Waals surface area contributed by atoms with Crippen LogP contribution < -0.4 is 5.73 Å². The summed E-state index contributed by atoms with van der Waals surface area (Å²) in [6, 6.07) is 4.44. The van der Waals surface area contributed by atoms with Crippen LogP contribution in [0.3, 0.4) is 0 Å². The average molecular weight is 329 g/mol. The van der Waals surface area contributed by atoms with Crippen molar-refractivity contribution in [2.45, 2.75) is 32.6 Å². The van der Waals surface area contributed by atoms with Crippen LogP contribution in [0.2, 0.25) is 0 Å². The first-order valence-corrected chi connectivity index (χ1v) is 7.65. The van der Waals surface area contributed by atoms with Gasteiger partial charge in [-0.25, -0.2) is 0 Å². The van der Waals surface area contributed by atoms with Crippen LogP contribution in [0, 0.1) is 0 Å². The molecule has 0 unspecified atom stereocenters. The lowest BCUT2D eigenvalue weighted by Gasteiger charge is -2.37. The Kier molecular flexibility index (Phi) is 5.31. The van der Waals surface area contributed by atoms with Crippen LogP contribution >= 0.6 is 0 Å². The molecule has 0 saturated carbocycles. The molecule has 2 rings (SSSR count). The molecule has 7 heteroatoms. The van der Waals surface area contributed by atoms with E-state index in [9.17, 15) is 18.0 Å². The van der Waals surface area contributed by atoms with E-state index in [1.807, 2.05) is 4.90 Å². The summed E-state index contributed by atoms with van der Waals surface area (Å²) in [5.41, 5.74) is 3.84. The van der Waals surface area contributed by atoms with E-state index in [1.165, 1.54) is 12.1 Å². The Morgan fingerprint density at radius 3 is 2.30 bits per heavy atom. The number of benzene rings is 1. The summed E-state index contributed by atoms with van der Waals surface area (Å²) in [7, 11) is 0. The summed E-state index contributed by atoms with van der Waals surface area (Å²) in [5, 5.41) is 0. The van der Waals surface area contributed by atoms with Gasteiger partial charge in [-0.15, -0.1) is 0 Å². The van der Waals surface area contributed by atoms with Crippen molar-refractivity contribution in [3.05, 3.63) is 34.9 Å². The van der Waals surface area contributed by atoms with E-state index in [0.29, 0.717) is 19.1 Å². The number of halogens is 3. The molecule has 0 bridgehead atoms. The SMILES string of the molecule is CC(C)N1CCN(Cc2cccc(C(N)=O)c2C(F)(F)F)CC1. The van der Waals surface area contributed by atoms with Crippen LogP contribution in [0.4, 0.5) is 13.2 Å². The van der Waals surface area contributed by atoms with E-state index >= 15 is 0 Å². The molecule has 23 heavy (non-hydrogen) atoms. The second-order valence-electron chi connectivity index (χ2n) is 6.11. The van der Waals surface area contributed by atoms with Crippen molar-refractivity contribution < 1.29 is 18.0 Å². The molecule has 1 aliphatic heterocycles. The molecule has 0 aliphatic carbocycles. The van der Waals surface area contributed by atoms with Crippen molar-refractivity contribution in [2.24, 2.45) is 5.73 Å². The minimum Gasteiger partial charge on any atom is -0.366 e. The fourth-order valence-electron chi connectivity index (χ4n) is 2.95. The van der Waals surface area contributed by atoms with Crippen LogP contribution in [0.1, 0.15) is 35.3 Å². The van der Waals surface area contributed by atoms with Gasteiger partial charge in [0.25, 0.3) is 0 Å². The first-order chi connectivity index (χ1) is 10.7. The normalized spacial score (nSPS) is 17.7. The molecule has 2 N–H and O–H groups in total. The van der Waals surface area contributed by atoms with Gasteiger partial charge in [-0.05, 0) is 25.5 Å². The zero-order valence-electron chi connectivity index (χ0n) is 13.4. The molecule has 4 nitrogen and oxygen atoms in total. The van der Waals surface area contributed by atoms with E-state index in [2.05, 4.69) is 18.7 Å². The highest BCUT2D eigenvalue weighted by Gasteiger charge is 2.37. The number of alkyl halides is 3. The minimum absolute atomic E-state index is 0.104. The molecular formula is C16H22F3N3O. The van der Waals surface area contributed by atoms with Gasteiger partial charge < -0.3 is 5.73 Å². The summed E-state index contributed by atoms with van der Waals surface area (Å²) >= 11 is 0. The number of piperazine rings is 1. The van der Waals surface area contributed by atoms with Crippen molar-refractivity contribution in [1.82, 2.24) is 9.80 Å². The Bertz CT molecular complexity index is 564. The number of primary amides is 1. The Labute approximate surface area is 134 Å². The van der Waals surface area contributed by atoms with Crippen molar-refractivity contribution in [3.63, 3.8) is 0 Å². The summed E-state index contributed by atoms with van der Waals surface area (Å²) in [6.07, 6.45) is -4.60. The predicted molar refractivity (Wildman–Crippen MR) is 81.9 cm³/mol. The molecule has 0 spiro atoms. The molecule has 1 aliphatic rings. The van der Waals surface area contributed by atoms with Gasteiger partial charge >= 0.3 is 6.18 Å². The molecule has 1 amide bonds. The number of carbonyl (C=O) groups excluding carboxylic acids is 1. The third-order valence-electron chi connectivity index (χ3n) is 4.23. The van der Waals surface area contributed by atoms with Crippen molar-refractivity contribution in [2.75, 3.05) is 26.2 Å². The van der Waals surface area contributed by atoms with Gasteiger partial charge in [-0.1, -0.05) is 12.1 Å². The number of amides is 1. The largest absolute Gasteiger partial charge is 0.417 e. The van der Waals surface area contributed by atoms with Crippen LogP contribution in [0.25, 0.3) is 0 Å². The molecule has 1 fully saturated rings. The van der Waals surface area contributed by atoms with Crippen molar-refractivity contribution >= 4 is 5.91 Å². The average Bonchev–Trinajstić information content (AvgIpc) is 2.46. The predicted octanol–water partition coefficient (Wildman–Crippen LogP) is 2.33. The number of carbonyl (C=O) groups is 1. The maximum atomic E-state index is 13.4. The second-order valence-corrected chi connectivity index (χ2v) is 6.11. The van der Waals surface area contributed by atoms with Crippen LogP contribution in [0.15, 0.2) is 18.2 Å². The highest BCUT2D eigenvalue weighted by atomic mass is 19.4. The molecule has 0 radical (unpaired) electrons. The number of nitrogens with zero attached hydrogens (tertiary/aromatic N) is 2. The second kappa shape index (κ2) is 6.88. The Hall–Kier alpha value is -1.60.